The van der Waals surface area contributed by atoms with Crippen molar-refractivity contribution in [2.24, 2.45) is 0 Å². The van der Waals surface area contributed by atoms with Gasteiger partial charge in [0.2, 0.25) is 0 Å². The highest BCUT2D eigenvalue weighted by atomic mass is 19.4. The van der Waals surface area contributed by atoms with Crippen LogP contribution in [0.4, 0.5) is 18.9 Å². The van der Waals surface area contributed by atoms with Crippen molar-refractivity contribution < 1.29 is 17.9 Å². The minimum atomic E-state index is -4.35. The van der Waals surface area contributed by atoms with Crippen LogP contribution >= 0.6 is 0 Å². The number of benzene rings is 2. The van der Waals surface area contributed by atoms with E-state index in [0.29, 0.717) is 25.3 Å². The minimum absolute atomic E-state index is 0.264. The zero-order valence-corrected chi connectivity index (χ0v) is 15.9. The number of ether oxygens (including phenoxy) is 1. The lowest BCUT2D eigenvalue weighted by atomic mass is 10.0. The van der Waals surface area contributed by atoms with Gasteiger partial charge in [0.25, 0.3) is 0 Å². The zero-order chi connectivity index (χ0) is 19.9. The Hall–Kier alpha value is -2.54. The van der Waals surface area contributed by atoms with Gasteiger partial charge in [-0.15, -0.1) is 0 Å². The quantitative estimate of drug-likeness (QED) is 0.658. The van der Waals surface area contributed by atoms with Gasteiger partial charge in [-0.05, 0) is 49.2 Å². The average molecular weight is 389 g/mol. The molecule has 0 saturated carbocycles. The van der Waals surface area contributed by atoms with Crippen molar-refractivity contribution in [3.63, 3.8) is 0 Å². The molecule has 1 aliphatic heterocycles. The van der Waals surface area contributed by atoms with Gasteiger partial charge < -0.3 is 14.2 Å². The third kappa shape index (κ3) is 3.46. The van der Waals surface area contributed by atoms with E-state index in [1.165, 1.54) is 13.0 Å². The number of anilines is 1. The maximum Gasteiger partial charge on any atom is 0.416 e. The molecule has 4 nitrogen and oxygen atoms in total. The second kappa shape index (κ2) is 7.13. The maximum atomic E-state index is 13.3. The van der Waals surface area contributed by atoms with Crippen LogP contribution in [-0.4, -0.2) is 35.9 Å². The Bertz CT molecular complexity index is 1000. The number of rotatable bonds is 3. The molecule has 0 spiro atoms. The van der Waals surface area contributed by atoms with Crippen LogP contribution in [0, 0.1) is 13.8 Å². The molecule has 2 heterocycles. The van der Waals surface area contributed by atoms with E-state index >= 15 is 0 Å². The largest absolute Gasteiger partial charge is 0.416 e. The molecule has 28 heavy (non-hydrogen) atoms. The van der Waals surface area contributed by atoms with Gasteiger partial charge in [-0.3, -0.25) is 0 Å². The Morgan fingerprint density at radius 2 is 1.82 bits per heavy atom. The molecule has 0 amide bonds. The van der Waals surface area contributed by atoms with Crippen LogP contribution in [0.1, 0.15) is 22.5 Å². The summed E-state index contributed by atoms with van der Waals surface area (Å²) in [4.78, 5) is 6.85. The number of aryl methyl sites for hydroxylation is 1. The van der Waals surface area contributed by atoms with Gasteiger partial charge >= 0.3 is 6.18 Å². The molecular weight excluding hydrogens is 367 g/mol. The second-order valence-corrected chi connectivity index (χ2v) is 7.11. The van der Waals surface area contributed by atoms with Crippen molar-refractivity contribution in [2.75, 3.05) is 31.2 Å². The molecule has 3 aromatic rings. The lowest BCUT2D eigenvalue weighted by Crippen LogP contribution is -2.36. The first-order chi connectivity index (χ1) is 13.3. The Kier molecular flexibility index (Phi) is 4.79. The molecule has 2 aromatic carbocycles. The van der Waals surface area contributed by atoms with Gasteiger partial charge in [0.1, 0.15) is 5.82 Å². The van der Waals surface area contributed by atoms with Crippen molar-refractivity contribution in [1.82, 2.24) is 9.55 Å². The SMILES string of the molecule is Cc1c(Cn2c(C)nc3ccc(N4CCOCC4)cc32)cccc1C(F)(F)F. The first-order valence-corrected chi connectivity index (χ1v) is 9.30. The van der Waals surface area contributed by atoms with E-state index in [2.05, 4.69) is 16.0 Å². The molecule has 0 N–H and O–H groups in total. The van der Waals surface area contributed by atoms with Crippen LogP contribution in [0.15, 0.2) is 36.4 Å². The summed E-state index contributed by atoms with van der Waals surface area (Å²) in [6, 6.07) is 10.4. The Labute approximate surface area is 161 Å². The summed E-state index contributed by atoms with van der Waals surface area (Å²) in [5.41, 5.74) is 3.19. The predicted octanol–water partition coefficient (Wildman–Crippen LogP) is 4.56. The number of morpholine rings is 1. The van der Waals surface area contributed by atoms with Crippen LogP contribution in [-0.2, 0) is 17.5 Å². The normalized spacial score (nSPS) is 15.4. The minimum Gasteiger partial charge on any atom is -0.378 e. The fraction of sp³-hybridized carbons (Fsp3) is 0.381. The topological polar surface area (TPSA) is 30.3 Å². The van der Waals surface area contributed by atoms with Gasteiger partial charge in [-0.25, -0.2) is 4.98 Å². The molecule has 0 radical (unpaired) electrons. The van der Waals surface area contributed by atoms with Gasteiger partial charge in [-0.2, -0.15) is 13.2 Å². The summed E-state index contributed by atoms with van der Waals surface area (Å²) in [6.07, 6.45) is -4.35. The van der Waals surface area contributed by atoms with Crippen LogP contribution in [0.25, 0.3) is 11.0 Å². The Morgan fingerprint density at radius 1 is 1.07 bits per heavy atom. The summed E-state index contributed by atoms with van der Waals surface area (Å²) in [6.45, 7) is 6.81. The van der Waals surface area contributed by atoms with Crippen molar-refractivity contribution in [2.45, 2.75) is 26.6 Å². The van der Waals surface area contributed by atoms with Gasteiger partial charge in [0.15, 0.2) is 0 Å². The highest BCUT2D eigenvalue weighted by Crippen LogP contribution is 2.33. The highest BCUT2D eigenvalue weighted by molar-refractivity contribution is 5.80. The Morgan fingerprint density at radius 3 is 2.54 bits per heavy atom. The molecule has 1 aliphatic rings. The first kappa shape index (κ1) is 18.8. The number of hydrogen-bond donors (Lipinski definition) is 0. The fourth-order valence-corrected chi connectivity index (χ4v) is 3.78. The summed E-state index contributed by atoms with van der Waals surface area (Å²) >= 11 is 0. The number of fused-ring (bicyclic) bond motifs is 1. The average Bonchev–Trinajstić information content (AvgIpc) is 2.98. The summed E-state index contributed by atoms with van der Waals surface area (Å²) in [5.74, 6) is 0.783. The van der Waals surface area contributed by atoms with Gasteiger partial charge in [-0.1, -0.05) is 12.1 Å². The molecule has 1 aromatic heterocycles. The third-order valence-corrected chi connectivity index (χ3v) is 5.38. The van der Waals surface area contributed by atoms with Crippen LogP contribution in [0.3, 0.4) is 0 Å². The number of nitrogens with zero attached hydrogens (tertiary/aromatic N) is 3. The summed E-state index contributed by atoms with van der Waals surface area (Å²) in [7, 11) is 0. The monoisotopic (exact) mass is 389 g/mol. The van der Waals surface area contributed by atoms with E-state index in [1.54, 1.807) is 6.07 Å². The molecule has 0 bridgehead atoms. The number of halogens is 3. The summed E-state index contributed by atoms with van der Waals surface area (Å²) < 4.78 is 47.2. The van der Waals surface area contributed by atoms with Crippen molar-refractivity contribution in [1.29, 1.82) is 0 Å². The maximum absolute atomic E-state index is 13.3. The lowest BCUT2D eigenvalue weighted by molar-refractivity contribution is -0.138. The molecule has 148 valence electrons. The number of alkyl halides is 3. The summed E-state index contributed by atoms with van der Waals surface area (Å²) in [5, 5.41) is 0. The second-order valence-electron chi connectivity index (χ2n) is 7.11. The van der Waals surface area contributed by atoms with Gasteiger partial charge in [0, 0.05) is 25.3 Å². The number of aromatic nitrogens is 2. The molecular formula is C21H22F3N3O. The molecule has 1 saturated heterocycles. The van der Waals surface area contributed by atoms with E-state index in [9.17, 15) is 13.2 Å². The molecule has 0 unspecified atom stereocenters. The number of hydrogen-bond acceptors (Lipinski definition) is 3. The predicted molar refractivity (Wildman–Crippen MR) is 103 cm³/mol. The van der Waals surface area contributed by atoms with E-state index < -0.39 is 11.7 Å². The standard InChI is InChI=1S/C21H22F3N3O/c1-14-16(4-3-5-18(14)21(22,23)24)13-27-15(2)25-19-7-6-17(12-20(19)27)26-8-10-28-11-9-26/h3-7,12H,8-11,13H2,1-2H3. The fourth-order valence-electron chi connectivity index (χ4n) is 3.78. The van der Waals surface area contributed by atoms with Crippen LogP contribution in [0.2, 0.25) is 0 Å². The molecule has 0 atom stereocenters. The molecule has 7 heteroatoms. The molecule has 1 fully saturated rings. The zero-order valence-electron chi connectivity index (χ0n) is 15.9. The van der Waals surface area contributed by atoms with Crippen molar-refractivity contribution in [3.8, 4) is 0 Å². The highest BCUT2D eigenvalue weighted by Gasteiger charge is 2.32. The van der Waals surface area contributed by atoms with Crippen molar-refractivity contribution in [3.05, 3.63) is 58.9 Å². The molecule has 4 rings (SSSR count). The van der Waals surface area contributed by atoms with Gasteiger partial charge in [0.05, 0.1) is 29.8 Å². The van der Waals surface area contributed by atoms with Crippen LogP contribution < -0.4 is 4.90 Å². The third-order valence-electron chi connectivity index (χ3n) is 5.38. The van der Waals surface area contributed by atoms with Crippen molar-refractivity contribution >= 4 is 16.7 Å². The van der Waals surface area contributed by atoms with E-state index in [0.717, 1.165) is 41.7 Å². The van der Waals surface area contributed by atoms with Crippen LogP contribution in [0.5, 0.6) is 0 Å². The van der Waals surface area contributed by atoms with E-state index in [-0.39, 0.29) is 5.56 Å². The van der Waals surface area contributed by atoms with E-state index in [4.69, 9.17) is 4.74 Å². The first-order valence-electron chi connectivity index (χ1n) is 9.30. The lowest BCUT2D eigenvalue weighted by Gasteiger charge is -2.29. The Balaban J connectivity index is 1.74. The smallest absolute Gasteiger partial charge is 0.378 e. The number of imidazole rings is 1. The van der Waals surface area contributed by atoms with E-state index in [1.807, 2.05) is 23.6 Å². The molecule has 0 aliphatic carbocycles.